The Morgan fingerprint density at radius 1 is 1.29 bits per heavy atom. The van der Waals surface area contributed by atoms with Crippen LogP contribution < -0.4 is 5.32 Å². The van der Waals surface area contributed by atoms with Crippen LogP contribution in [0.5, 0.6) is 0 Å². The second-order valence-electron chi connectivity index (χ2n) is 5.98. The summed E-state index contributed by atoms with van der Waals surface area (Å²) in [4.78, 5) is 27.6. The Hall–Kier alpha value is -2.43. The molecule has 0 aliphatic rings. The van der Waals surface area contributed by atoms with E-state index in [-0.39, 0.29) is 17.7 Å². The van der Waals surface area contributed by atoms with E-state index in [4.69, 9.17) is 4.98 Å². The van der Waals surface area contributed by atoms with Crippen LogP contribution in [0.4, 0.5) is 0 Å². The first kappa shape index (κ1) is 17.9. The molecular formula is C19H25N3O2. The number of para-hydroxylation sites is 2. The lowest BCUT2D eigenvalue weighted by Crippen LogP contribution is -2.21. The van der Waals surface area contributed by atoms with Gasteiger partial charge in [-0.15, -0.1) is 0 Å². The molecule has 1 heterocycles. The molecule has 2 rings (SSSR count). The molecule has 1 unspecified atom stereocenters. The number of imidazole rings is 1. The standard InChI is InChI=1S/C19H25N3O2/c1-4-19(24)20-13-9-5-6-12-18-21-16-10-7-8-11-17(16)22(18)14(2)15(3)23/h4,7-8,10-11,14H,1,5-6,9,12-13H2,2-3H3,(H,20,24). The molecule has 0 saturated heterocycles. The summed E-state index contributed by atoms with van der Waals surface area (Å²) in [6, 6.07) is 7.71. The second kappa shape index (κ2) is 8.43. The molecule has 1 amide bonds. The van der Waals surface area contributed by atoms with Crippen LogP contribution in [0.2, 0.25) is 0 Å². The molecule has 0 fully saturated rings. The Bertz CT molecular complexity index is 733. The number of benzene rings is 1. The number of ketones is 1. The fourth-order valence-electron chi connectivity index (χ4n) is 2.75. The topological polar surface area (TPSA) is 64.0 Å². The SMILES string of the molecule is C=CC(=O)NCCCCCc1nc2ccccc2n1C(C)C(C)=O. The lowest BCUT2D eigenvalue weighted by Gasteiger charge is -2.15. The average Bonchev–Trinajstić information content (AvgIpc) is 2.94. The second-order valence-corrected chi connectivity index (χ2v) is 5.98. The van der Waals surface area contributed by atoms with Crippen LogP contribution >= 0.6 is 0 Å². The molecule has 1 aromatic carbocycles. The molecule has 2 aromatic rings. The molecule has 5 heteroatoms. The van der Waals surface area contributed by atoms with Crippen molar-refractivity contribution in [1.29, 1.82) is 0 Å². The number of aromatic nitrogens is 2. The lowest BCUT2D eigenvalue weighted by molar-refractivity contribution is -0.119. The maximum absolute atomic E-state index is 11.8. The summed E-state index contributed by atoms with van der Waals surface area (Å²) in [6.45, 7) is 7.62. The summed E-state index contributed by atoms with van der Waals surface area (Å²) < 4.78 is 2.05. The highest BCUT2D eigenvalue weighted by Gasteiger charge is 2.18. The zero-order valence-electron chi connectivity index (χ0n) is 14.4. The normalized spacial score (nSPS) is 12.1. The summed E-state index contributed by atoms with van der Waals surface area (Å²) in [6.07, 6.45) is 4.99. The van der Waals surface area contributed by atoms with Crippen LogP contribution in [-0.2, 0) is 16.0 Å². The number of nitrogens with zero attached hydrogens (tertiary/aromatic N) is 2. The first-order chi connectivity index (χ1) is 11.5. The van der Waals surface area contributed by atoms with E-state index in [1.54, 1.807) is 6.92 Å². The first-order valence-corrected chi connectivity index (χ1v) is 8.41. The van der Waals surface area contributed by atoms with Crippen molar-refractivity contribution >= 4 is 22.7 Å². The van der Waals surface area contributed by atoms with Crippen LogP contribution in [0.1, 0.15) is 45.0 Å². The molecule has 0 bridgehead atoms. The number of carbonyl (C=O) groups excluding carboxylic acids is 2. The van der Waals surface area contributed by atoms with Gasteiger partial charge in [0.15, 0.2) is 5.78 Å². The Morgan fingerprint density at radius 2 is 2.04 bits per heavy atom. The molecule has 0 saturated carbocycles. The third-order valence-corrected chi connectivity index (χ3v) is 4.21. The van der Waals surface area contributed by atoms with Crippen LogP contribution in [-0.4, -0.2) is 27.8 Å². The van der Waals surface area contributed by atoms with Crippen molar-refractivity contribution in [1.82, 2.24) is 14.9 Å². The fraction of sp³-hybridized carbons (Fsp3) is 0.421. The molecule has 24 heavy (non-hydrogen) atoms. The predicted octanol–water partition coefficient (Wildman–Crippen LogP) is 3.20. The van der Waals surface area contributed by atoms with E-state index < -0.39 is 0 Å². The molecule has 1 N–H and O–H groups in total. The van der Waals surface area contributed by atoms with Crippen molar-refractivity contribution in [2.45, 2.75) is 45.6 Å². The summed E-state index contributed by atoms with van der Waals surface area (Å²) in [5, 5.41) is 2.77. The van der Waals surface area contributed by atoms with Crippen molar-refractivity contribution in [2.24, 2.45) is 0 Å². The van der Waals surface area contributed by atoms with Gasteiger partial charge < -0.3 is 9.88 Å². The first-order valence-electron chi connectivity index (χ1n) is 8.41. The molecule has 128 valence electrons. The third-order valence-electron chi connectivity index (χ3n) is 4.21. The molecular weight excluding hydrogens is 302 g/mol. The zero-order chi connectivity index (χ0) is 17.5. The predicted molar refractivity (Wildman–Crippen MR) is 95.9 cm³/mol. The number of aryl methyl sites for hydroxylation is 1. The van der Waals surface area contributed by atoms with Crippen molar-refractivity contribution in [2.75, 3.05) is 6.54 Å². The Kier molecular flexibility index (Phi) is 6.29. The van der Waals surface area contributed by atoms with Gasteiger partial charge in [-0.25, -0.2) is 4.98 Å². The zero-order valence-corrected chi connectivity index (χ0v) is 14.4. The number of unbranched alkanes of at least 4 members (excludes halogenated alkanes) is 2. The van der Waals surface area contributed by atoms with Crippen molar-refractivity contribution < 1.29 is 9.59 Å². The van der Waals surface area contributed by atoms with Gasteiger partial charge in [-0.05, 0) is 44.9 Å². The summed E-state index contributed by atoms with van der Waals surface area (Å²) >= 11 is 0. The Morgan fingerprint density at radius 3 is 2.75 bits per heavy atom. The number of amides is 1. The lowest BCUT2D eigenvalue weighted by atomic mass is 10.1. The minimum absolute atomic E-state index is 0.131. The van der Waals surface area contributed by atoms with E-state index in [2.05, 4.69) is 16.5 Å². The monoisotopic (exact) mass is 327 g/mol. The van der Waals surface area contributed by atoms with Crippen LogP contribution in [0.25, 0.3) is 11.0 Å². The third kappa shape index (κ3) is 4.31. The maximum Gasteiger partial charge on any atom is 0.243 e. The van der Waals surface area contributed by atoms with Crippen molar-refractivity contribution in [3.8, 4) is 0 Å². The van der Waals surface area contributed by atoms with Gasteiger partial charge in [0.1, 0.15) is 5.82 Å². The van der Waals surface area contributed by atoms with Crippen molar-refractivity contribution in [3.63, 3.8) is 0 Å². The average molecular weight is 327 g/mol. The largest absolute Gasteiger partial charge is 0.353 e. The minimum atomic E-state index is -0.209. The molecule has 0 aliphatic carbocycles. The van der Waals surface area contributed by atoms with Crippen LogP contribution in [0.15, 0.2) is 36.9 Å². The molecule has 5 nitrogen and oxygen atoms in total. The highest BCUT2D eigenvalue weighted by atomic mass is 16.1. The summed E-state index contributed by atoms with van der Waals surface area (Å²) in [7, 11) is 0. The number of fused-ring (bicyclic) bond motifs is 1. The fourth-order valence-corrected chi connectivity index (χ4v) is 2.75. The van der Waals surface area contributed by atoms with E-state index in [0.29, 0.717) is 6.54 Å². The number of carbonyl (C=O) groups is 2. The smallest absolute Gasteiger partial charge is 0.243 e. The number of hydrogen-bond acceptors (Lipinski definition) is 3. The van der Waals surface area contributed by atoms with Crippen molar-refractivity contribution in [3.05, 3.63) is 42.7 Å². The summed E-state index contributed by atoms with van der Waals surface area (Å²) in [5.74, 6) is 0.952. The van der Waals surface area contributed by atoms with Gasteiger partial charge in [0.05, 0.1) is 17.1 Å². The van der Waals surface area contributed by atoms with Crippen LogP contribution in [0, 0.1) is 0 Å². The molecule has 1 atom stereocenters. The van der Waals surface area contributed by atoms with Gasteiger partial charge in [-0.2, -0.15) is 0 Å². The molecule has 0 aliphatic heterocycles. The Balaban J connectivity index is 2.00. The number of hydrogen-bond donors (Lipinski definition) is 1. The number of rotatable bonds is 9. The van der Waals surface area contributed by atoms with Gasteiger partial charge >= 0.3 is 0 Å². The number of nitrogens with one attached hydrogen (secondary N) is 1. The van der Waals surface area contributed by atoms with Gasteiger partial charge in [0.25, 0.3) is 0 Å². The molecule has 0 spiro atoms. The molecule has 1 aromatic heterocycles. The maximum atomic E-state index is 11.8. The van der Waals surface area contributed by atoms with E-state index in [1.165, 1.54) is 6.08 Å². The van der Waals surface area contributed by atoms with E-state index in [0.717, 1.165) is 42.5 Å². The van der Waals surface area contributed by atoms with E-state index in [1.807, 2.05) is 31.2 Å². The highest BCUT2D eigenvalue weighted by molar-refractivity contribution is 5.86. The van der Waals surface area contributed by atoms with Gasteiger partial charge in [0.2, 0.25) is 5.91 Å². The quantitative estimate of drug-likeness (QED) is 0.568. The van der Waals surface area contributed by atoms with Gasteiger partial charge in [0, 0.05) is 13.0 Å². The number of Topliss-reactive ketones (excluding diaryl/α,β-unsaturated/α-hetero) is 1. The summed E-state index contributed by atoms with van der Waals surface area (Å²) in [5.41, 5.74) is 1.94. The highest BCUT2D eigenvalue weighted by Crippen LogP contribution is 2.23. The Labute approximate surface area is 142 Å². The van der Waals surface area contributed by atoms with Gasteiger partial charge in [-0.3, -0.25) is 9.59 Å². The van der Waals surface area contributed by atoms with E-state index >= 15 is 0 Å². The van der Waals surface area contributed by atoms with E-state index in [9.17, 15) is 9.59 Å². The molecule has 0 radical (unpaired) electrons. The van der Waals surface area contributed by atoms with Crippen LogP contribution in [0.3, 0.4) is 0 Å². The van der Waals surface area contributed by atoms with Gasteiger partial charge in [-0.1, -0.05) is 25.1 Å². The minimum Gasteiger partial charge on any atom is -0.353 e.